The standard InChI is InChI=1S/C16H29ClN2O/c1-6-8-9-12(7-2)10-13(20)14-15(11(3)4)18-19(5)16(14)17/h11-13,20H,6-10H2,1-5H3. The Morgan fingerprint density at radius 1 is 1.30 bits per heavy atom. The third-order valence-corrected chi connectivity index (χ3v) is 4.47. The molecule has 0 aliphatic carbocycles. The lowest BCUT2D eigenvalue weighted by molar-refractivity contribution is 0.138. The fourth-order valence-corrected chi connectivity index (χ4v) is 2.95. The van der Waals surface area contributed by atoms with Crippen molar-refractivity contribution in [3.05, 3.63) is 16.4 Å². The van der Waals surface area contributed by atoms with Crippen LogP contribution in [0.2, 0.25) is 5.15 Å². The molecule has 1 rings (SSSR count). The first-order chi connectivity index (χ1) is 9.42. The van der Waals surface area contributed by atoms with Crippen LogP contribution in [0.4, 0.5) is 0 Å². The molecule has 2 unspecified atom stereocenters. The van der Waals surface area contributed by atoms with E-state index in [-0.39, 0.29) is 5.92 Å². The van der Waals surface area contributed by atoms with Crippen molar-refractivity contribution >= 4 is 11.6 Å². The van der Waals surface area contributed by atoms with Crippen LogP contribution in [0.15, 0.2) is 0 Å². The molecule has 0 saturated carbocycles. The second-order valence-corrected chi connectivity index (χ2v) is 6.39. The van der Waals surface area contributed by atoms with Crippen LogP contribution in [0.3, 0.4) is 0 Å². The third-order valence-electron chi connectivity index (χ3n) is 4.02. The number of aliphatic hydroxyl groups is 1. The topological polar surface area (TPSA) is 38.1 Å². The third kappa shape index (κ3) is 4.23. The van der Waals surface area contributed by atoms with Gasteiger partial charge in [0.2, 0.25) is 0 Å². The SMILES string of the molecule is CCCCC(CC)CC(O)c1c(C(C)C)nn(C)c1Cl. The van der Waals surface area contributed by atoms with Crippen LogP contribution < -0.4 is 0 Å². The predicted octanol–water partition coefficient (Wildman–Crippen LogP) is 4.84. The molecular weight excluding hydrogens is 272 g/mol. The highest BCUT2D eigenvalue weighted by Gasteiger charge is 2.25. The minimum Gasteiger partial charge on any atom is -0.388 e. The Morgan fingerprint density at radius 2 is 1.95 bits per heavy atom. The first-order valence-electron chi connectivity index (χ1n) is 7.82. The summed E-state index contributed by atoms with van der Waals surface area (Å²) in [5, 5.41) is 15.6. The predicted molar refractivity (Wildman–Crippen MR) is 85.2 cm³/mol. The zero-order chi connectivity index (χ0) is 15.3. The van der Waals surface area contributed by atoms with Gasteiger partial charge in [-0.2, -0.15) is 5.10 Å². The van der Waals surface area contributed by atoms with Crippen LogP contribution in [-0.4, -0.2) is 14.9 Å². The molecule has 0 aliphatic rings. The zero-order valence-electron chi connectivity index (χ0n) is 13.5. The molecule has 0 aliphatic heterocycles. The lowest BCUT2D eigenvalue weighted by Gasteiger charge is -2.20. The van der Waals surface area contributed by atoms with Crippen molar-refractivity contribution in [3.63, 3.8) is 0 Å². The normalized spacial score (nSPS) is 14.8. The fourth-order valence-electron chi connectivity index (χ4n) is 2.69. The maximum Gasteiger partial charge on any atom is 0.132 e. The van der Waals surface area contributed by atoms with Gasteiger partial charge in [0.15, 0.2) is 0 Å². The average Bonchev–Trinajstić information content (AvgIpc) is 2.71. The van der Waals surface area contributed by atoms with Crippen molar-refractivity contribution in [2.45, 2.75) is 71.8 Å². The summed E-state index contributed by atoms with van der Waals surface area (Å²) in [7, 11) is 1.83. The van der Waals surface area contributed by atoms with Crippen molar-refractivity contribution in [2.75, 3.05) is 0 Å². The van der Waals surface area contributed by atoms with Gasteiger partial charge in [-0.15, -0.1) is 0 Å². The number of aryl methyl sites for hydroxylation is 1. The van der Waals surface area contributed by atoms with Crippen molar-refractivity contribution in [2.24, 2.45) is 13.0 Å². The quantitative estimate of drug-likeness (QED) is 0.746. The molecule has 1 heterocycles. The first kappa shape index (κ1) is 17.5. The summed E-state index contributed by atoms with van der Waals surface area (Å²) < 4.78 is 1.67. The lowest BCUT2D eigenvalue weighted by Crippen LogP contribution is -2.09. The Morgan fingerprint density at radius 3 is 2.45 bits per heavy atom. The summed E-state index contributed by atoms with van der Waals surface area (Å²) in [5.41, 5.74) is 1.76. The van der Waals surface area contributed by atoms with Gasteiger partial charge in [-0.05, 0) is 18.3 Å². The van der Waals surface area contributed by atoms with Crippen LogP contribution in [0.25, 0.3) is 0 Å². The average molecular weight is 301 g/mol. The smallest absolute Gasteiger partial charge is 0.132 e. The summed E-state index contributed by atoms with van der Waals surface area (Å²) in [5.74, 6) is 0.829. The van der Waals surface area contributed by atoms with Gasteiger partial charge >= 0.3 is 0 Å². The molecule has 0 aromatic carbocycles. The Hall–Kier alpha value is -0.540. The van der Waals surface area contributed by atoms with Gasteiger partial charge in [-0.25, -0.2) is 0 Å². The van der Waals surface area contributed by atoms with Crippen LogP contribution in [-0.2, 0) is 7.05 Å². The van der Waals surface area contributed by atoms with Gasteiger partial charge in [-0.1, -0.05) is 65.0 Å². The van der Waals surface area contributed by atoms with E-state index in [0.29, 0.717) is 11.1 Å². The van der Waals surface area contributed by atoms with Gasteiger partial charge in [0, 0.05) is 12.6 Å². The second kappa shape index (κ2) is 8.04. The number of hydrogen-bond donors (Lipinski definition) is 1. The van der Waals surface area contributed by atoms with E-state index in [0.717, 1.165) is 24.1 Å². The number of rotatable bonds is 8. The maximum atomic E-state index is 10.6. The molecule has 1 aromatic rings. The number of aromatic nitrogens is 2. The maximum absolute atomic E-state index is 10.6. The van der Waals surface area contributed by atoms with Crippen LogP contribution >= 0.6 is 11.6 Å². The van der Waals surface area contributed by atoms with Crippen LogP contribution in [0.5, 0.6) is 0 Å². The Bertz CT molecular complexity index is 415. The van der Waals surface area contributed by atoms with Crippen molar-refractivity contribution in [1.82, 2.24) is 9.78 Å². The monoisotopic (exact) mass is 300 g/mol. The second-order valence-electron chi connectivity index (χ2n) is 6.04. The van der Waals surface area contributed by atoms with Crippen LogP contribution in [0.1, 0.15) is 83.1 Å². The minimum absolute atomic E-state index is 0.272. The molecule has 116 valence electrons. The Labute approximate surface area is 128 Å². The van der Waals surface area contributed by atoms with Crippen molar-refractivity contribution in [1.29, 1.82) is 0 Å². The van der Waals surface area contributed by atoms with Crippen molar-refractivity contribution < 1.29 is 5.11 Å². The Kier molecular flexibility index (Phi) is 7.04. The highest BCUT2D eigenvalue weighted by atomic mass is 35.5. The minimum atomic E-state index is -0.504. The van der Waals surface area contributed by atoms with E-state index >= 15 is 0 Å². The number of hydrogen-bond acceptors (Lipinski definition) is 2. The largest absolute Gasteiger partial charge is 0.388 e. The number of aliphatic hydroxyl groups excluding tert-OH is 1. The van der Waals surface area contributed by atoms with Crippen molar-refractivity contribution in [3.8, 4) is 0 Å². The summed E-state index contributed by atoms with van der Waals surface area (Å²) in [6, 6.07) is 0. The van der Waals surface area contributed by atoms with Gasteiger partial charge in [0.25, 0.3) is 0 Å². The number of unbranched alkanes of at least 4 members (excludes halogenated alkanes) is 1. The molecule has 1 aromatic heterocycles. The molecule has 0 amide bonds. The summed E-state index contributed by atoms with van der Waals surface area (Å²) in [6.45, 7) is 8.58. The fraction of sp³-hybridized carbons (Fsp3) is 0.812. The molecule has 0 radical (unpaired) electrons. The molecule has 1 N–H and O–H groups in total. The van der Waals surface area contributed by atoms with Crippen LogP contribution in [0, 0.1) is 5.92 Å². The van der Waals surface area contributed by atoms with E-state index in [4.69, 9.17) is 11.6 Å². The molecular formula is C16H29ClN2O. The Balaban J connectivity index is 2.88. The molecule has 0 saturated heterocycles. The lowest BCUT2D eigenvalue weighted by atomic mass is 9.89. The van der Waals surface area contributed by atoms with E-state index in [9.17, 15) is 5.11 Å². The first-order valence-corrected chi connectivity index (χ1v) is 8.20. The molecule has 4 heteroatoms. The molecule has 2 atom stereocenters. The summed E-state index contributed by atoms with van der Waals surface area (Å²) in [6.07, 6.45) is 4.99. The summed E-state index contributed by atoms with van der Waals surface area (Å²) in [4.78, 5) is 0. The van der Waals surface area contributed by atoms with Gasteiger partial charge in [0.1, 0.15) is 5.15 Å². The highest BCUT2D eigenvalue weighted by Crippen LogP contribution is 2.35. The van der Waals surface area contributed by atoms with Gasteiger partial charge < -0.3 is 5.11 Å². The molecule has 20 heavy (non-hydrogen) atoms. The number of halogens is 1. The summed E-state index contributed by atoms with van der Waals surface area (Å²) >= 11 is 6.32. The van der Waals surface area contributed by atoms with E-state index in [1.807, 2.05) is 7.05 Å². The molecule has 0 bridgehead atoms. The number of nitrogens with zero attached hydrogens (tertiary/aromatic N) is 2. The molecule has 0 fully saturated rings. The van der Waals surface area contributed by atoms with E-state index in [2.05, 4.69) is 32.8 Å². The molecule has 3 nitrogen and oxygen atoms in total. The zero-order valence-corrected chi connectivity index (χ0v) is 14.2. The highest BCUT2D eigenvalue weighted by molar-refractivity contribution is 6.30. The molecule has 0 spiro atoms. The van der Waals surface area contributed by atoms with E-state index in [1.54, 1.807) is 4.68 Å². The van der Waals surface area contributed by atoms with E-state index in [1.165, 1.54) is 19.3 Å². The van der Waals surface area contributed by atoms with Gasteiger partial charge in [0.05, 0.1) is 11.8 Å². The van der Waals surface area contributed by atoms with E-state index < -0.39 is 6.10 Å². The van der Waals surface area contributed by atoms with Gasteiger partial charge in [-0.3, -0.25) is 4.68 Å².